The standard InChI is InChI=1S/C15H15BrN2O3/c1-10(11-4-3-5-13(8-11)21-2)17-15-9-12(18(19)20)6-7-14(15)16/h3-10,17H,1-2H3. The topological polar surface area (TPSA) is 64.4 Å². The Kier molecular flexibility index (Phi) is 4.80. The Labute approximate surface area is 131 Å². The number of hydrogen-bond donors (Lipinski definition) is 1. The predicted octanol–water partition coefficient (Wildman–Crippen LogP) is 4.54. The van der Waals surface area contributed by atoms with E-state index in [2.05, 4.69) is 21.2 Å². The molecule has 0 aliphatic carbocycles. The minimum atomic E-state index is -0.409. The Balaban J connectivity index is 2.24. The third-order valence-corrected chi connectivity index (χ3v) is 3.82. The summed E-state index contributed by atoms with van der Waals surface area (Å²) in [6.07, 6.45) is 0. The maximum absolute atomic E-state index is 10.8. The first-order valence-corrected chi connectivity index (χ1v) is 7.15. The van der Waals surface area contributed by atoms with E-state index < -0.39 is 4.92 Å². The van der Waals surface area contributed by atoms with Crippen LogP contribution >= 0.6 is 15.9 Å². The molecule has 0 fully saturated rings. The lowest BCUT2D eigenvalue weighted by Gasteiger charge is -2.17. The normalized spacial score (nSPS) is 11.8. The fourth-order valence-corrected chi connectivity index (χ4v) is 2.33. The molecular formula is C15H15BrN2O3. The van der Waals surface area contributed by atoms with Crippen molar-refractivity contribution in [2.24, 2.45) is 0 Å². The Hall–Kier alpha value is -2.08. The van der Waals surface area contributed by atoms with Gasteiger partial charge in [-0.15, -0.1) is 0 Å². The highest BCUT2D eigenvalue weighted by atomic mass is 79.9. The number of benzene rings is 2. The minimum absolute atomic E-state index is 0.0154. The van der Waals surface area contributed by atoms with Crippen molar-refractivity contribution in [3.05, 3.63) is 62.6 Å². The molecular weight excluding hydrogens is 336 g/mol. The van der Waals surface area contributed by atoms with E-state index >= 15 is 0 Å². The molecule has 0 aliphatic rings. The monoisotopic (exact) mass is 350 g/mol. The number of nitro benzene ring substituents is 1. The van der Waals surface area contributed by atoms with Crippen LogP contribution in [-0.2, 0) is 0 Å². The summed E-state index contributed by atoms with van der Waals surface area (Å²) in [6, 6.07) is 12.3. The summed E-state index contributed by atoms with van der Waals surface area (Å²) in [5, 5.41) is 14.1. The van der Waals surface area contributed by atoms with Crippen LogP contribution in [0.2, 0.25) is 0 Å². The number of halogens is 1. The number of nitrogens with one attached hydrogen (secondary N) is 1. The molecule has 2 rings (SSSR count). The molecule has 2 aromatic rings. The smallest absolute Gasteiger partial charge is 0.271 e. The third-order valence-electron chi connectivity index (χ3n) is 3.13. The first-order chi connectivity index (χ1) is 10.0. The van der Waals surface area contributed by atoms with E-state index in [9.17, 15) is 10.1 Å². The van der Waals surface area contributed by atoms with Crippen molar-refractivity contribution in [2.45, 2.75) is 13.0 Å². The maximum Gasteiger partial charge on any atom is 0.271 e. The van der Waals surface area contributed by atoms with E-state index in [1.165, 1.54) is 12.1 Å². The van der Waals surface area contributed by atoms with Crippen LogP contribution in [0.4, 0.5) is 11.4 Å². The Morgan fingerprint density at radius 2 is 2.05 bits per heavy atom. The highest BCUT2D eigenvalue weighted by molar-refractivity contribution is 9.10. The SMILES string of the molecule is COc1cccc(C(C)Nc2cc([N+](=O)[O-])ccc2Br)c1. The zero-order valence-corrected chi connectivity index (χ0v) is 13.3. The average Bonchev–Trinajstić information content (AvgIpc) is 2.49. The van der Waals surface area contributed by atoms with Crippen LogP contribution < -0.4 is 10.1 Å². The van der Waals surface area contributed by atoms with Crippen molar-refractivity contribution in [1.82, 2.24) is 0 Å². The van der Waals surface area contributed by atoms with Crippen molar-refractivity contribution in [3.63, 3.8) is 0 Å². The Morgan fingerprint density at radius 1 is 1.29 bits per heavy atom. The highest BCUT2D eigenvalue weighted by Crippen LogP contribution is 2.30. The number of nitro groups is 1. The van der Waals surface area contributed by atoms with Crippen LogP contribution in [0.1, 0.15) is 18.5 Å². The molecule has 110 valence electrons. The van der Waals surface area contributed by atoms with Gasteiger partial charge in [0.1, 0.15) is 5.75 Å². The zero-order valence-electron chi connectivity index (χ0n) is 11.7. The Morgan fingerprint density at radius 3 is 2.71 bits per heavy atom. The molecule has 0 aliphatic heterocycles. The molecule has 0 heterocycles. The van der Waals surface area contributed by atoms with Crippen molar-refractivity contribution >= 4 is 27.3 Å². The molecule has 5 nitrogen and oxygen atoms in total. The van der Waals surface area contributed by atoms with E-state index in [1.54, 1.807) is 13.2 Å². The van der Waals surface area contributed by atoms with Gasteiger partial charge >= 0.3 is 0 Å². The van der Waals surface area contributed by atoms with Crippen LogP contribution in [0.5, 0.6) is 5.75 Å². The number of anilines is 1. The van der Waals surface area contributed by atoms with E-state index in [4.69, 9.17) is 4.74 Å². The summed E-state index contributed by atoms with van der Waals surface area (Å²) in [7, 11) is 1.62. The van der Waals surface area contributed by atoms with Gasteiger partial charge in [0.15, 0.2) is 0 Å². The largest absolute Gasteiger partial charge is 0.497 e. The molecule has 0 bridgehead atoms. The summed E-state index contributed by atoms with van der Waals surface area (Å²) in [5.74, 6) is 0.777. The van der Waals surface area contributed by atoms with Crippen LogP contribution in [0.15, 0.2) is 46.9 Å². The Bertz CT molecular complexity index is 661. The van der Waals surface area contributed by atoms with Gasteiger partial charge in [0, 0.05) is 22.6 Å². The van der Waals surface area contributed by atoms with Crippen molar-refractivity contribution in [2.75, 3.05) is 12.4 Å². The quantitative estimate of drug-likeness (QED) is 0.635. The second-order valence-corrected chi connectivity index (χ2v) is 5.42. The van der Waals surface area contributed by atoms with Crippen molar-refractivity contribution in [3.8, 4) is 5.75 Å². The molecule has 0 saturated heterocycles. The lowest BCUT2D eigenvalue weighted by atomic mass is 10.1. The average molecular weight is 351 g/mol. The summed E-state index contributed by atoms with van der Waals surface area (Å²) in [4.78, 5) is 10.4. The van der Waals surface area contributed by atoms with Gasteiger partial charge in [0.2, 0.25) is 0 Å². The number of rotatable bonds is 5. The van der Waals surface area contributed by atoms with Gasteiger partial charge in [0.05, 0.1) is 17.7 Å². The summed E-state index contributed by atoms with van der Waals surface area (Å²) >= 11 is 3.40. The van der Waals surface area contributed by atoms with Crippen LogP contribution in [0, 0.1) is 10.1 Å². The maximum atomic E-state index is 10.8. The van der Waals surface area contributed by atoms with Gasteiger partial charge in [-0.25, -0.2) is 0 Å². The number of ether oxygens (including phenoxy) is 1. The van der Waals surface area contributed by atoms with E-state index in [0.717, 1.165) is 15.8 Å². The fraction of sp³-hybridized carbons (Fsp3) is 0.200. The number of methoxy groups -OCH3 is 1. The molecule has 0 aromatic heterocycles. The molecule has 2 aromatic carbocycles. The van der Waals surface area contributed by atoms with Gasteiger partial charge in [-0.3, -0.25) is 10.1 Å². The molecule has 1 N–H and O–H groups in total. The molecule has 0 radical (unpaired) electrons. The minimum Gasteiger partial charge on any atom is -0.497 e. The molecule has 1 atom stereocenters. The lowest BCUT2D eigenvalue weighted by Crippen LogP contribution is -2.07. The van der Waals surface area contributed by atoms with Gasteiger partial charge in [-0.05, 0) is 46.6 Å². The van der Waals surface area contributed by atoms with E-state index in [1.807, 2.05) is 31.2 Å². The second kappa shape index (κ2) is 6.58. The summed E-state index contributed by atoms with van der Waals surface area (Å²) in [5.41, 5.74) is 1.77. The van der Waals surface area contributed by atoms with Gasteiger partial charge < -0.3 is 10.1 Å². The zero-order chi connectivity index (χ0) is 15.4. The van der Waals surface area contributed by atoms with Gasteiger partial charge in [0.25, 0.3) is 5.69 Å². The fourth-order valence-electron chi connectivity index (χ4n) is 1.96. The molecule has 0 spiro atoms. The number of hydrogen-bond acceptors (Lipinski definition) is 4. The lowest BCUT2D eigenvalue weighted by molar-refractivity contribution is -0.384. The highest BCUT2D eigenvalue weighted by Gasteiger charge is 2.12. The van der Waals surface area contributed by atoms with Crippen LogP contribution in [-0.4, -0.2) is 12.0 Å². The van der Waals surface area contributed by atoms with Gasteiger partial charge in [-0.1, -0.05) is 12.1 Å². The first kappa shape index (κ1) is 15.3. The summed E-state index contributed by atoms with van der Waals surface area (Å²) < 4.78 is 5.98. The number of nitrogens with zero attached hydrogens (tertiary/aromatic N) is 1. The van der Waals surface area contributed by atoms with Crippen LogP contribution in [0.3, 0.4) is 0 Å². The molecule has 21 heavy (non-hydrogen) atoms. The van der Waals surface area contributed by atoms with Crippen molar-refractivity contribution < 1.29 is 9.66 Å². The third kappa shape index (κ3) is 3.72. The first-order valence-electron chi connectivity index (χ1n) is 6.35. The summed E-state index contributed by atoms with van der Waals surface area (Å²) in [6.45, 7) is 1.99. The molecule has 0 saturated carbocycles. The number of non-ortho nitro benzene ring substituents is 1. The molecule has 1 unspecified atom stereocenters. The predicted molar refractivity (Wildman–Crippen MR) is 85.8 cm³/mol. The van der Waals surface area contributed by atoms with Crippen molar-refractivity contribution in [1.29, 1.82) is 0 Å². The molecule has 0 amide bonds. The molecule has 6 heteroatoms. The van der Waals surface area contributed by atoms with Gasteiger partial charge in [-0.2, -0.15) is 0 Å². The second-order valence-electron chi connectivity index (χ2n) is 4.56. The van der Waals surface area contributed by atoms with E-state index in [0.29, 0.717) is 5.69 Å². The van der Waals surface area contributed by atoms with Crippen LogP contribution in [0.25, 0.3) is 0 Å². The van der Waals surface area contributed by atoms with E-state index in [-0.39, 0.29) is 11.7 Å².